The van der Waals surface area contributed by atoms with Crippen molar-refractivity contribution in [2.75, 3.05) is 6.61 Å². The number of allylic oxidation sites excluding steroid dienone is 2. The first-order valence-corrected chi connectivity index (χ1v) is 6.64. The van der Waals surface area contributed by atoms with Gasteiger partial charge in [0.1, 0.15) is 0 Å². The first kappa shape index (κ1) is 12.4. The van der Waals surface area contributed by atoms with Crippen LogP contribution in [0.15, 0.2) is 36.4 Å². The number of aliphatic hydroxyl groups is 1. The van der Waals surface area contributed by atoms with Crippen molar-refractivity contribution in [1.29, 1.82) is 0 Å². The van der Waals surface area contributed by atoms with E-state index in [0.717, 1.165) is 12.8 Å². The smallest absolute Gasteiger partial charge is 0.0465 e. The summed E-state index contributed by atoms with van der Waals surface area (Å²) in [6.45, 7) is 4.85. The Labute approximate surface area is 104 Å². The molecule has 0 fully saturated rings. The molecule has 0 saturated heterocycles. The van der Waals surface area contributed by atoms with Gasteiger partial charge in [0.25, 0.3) is 0 Å². The van der Waals surface area contributed by atoms with E-state index < -0.39 is 0 Å². The highest BCUT2D eigenvalue weighted by molar-refractivity contribution is 5.68. The molecule has 92 valence electrons. The lowest BCUT2D eigenvalue weighted by Crippen LogP contribution is -2.27. The van der Waals surface area contributed by atoms with Gasteiger partial charge in [0.15, 0.2) is 0 Å². The monoisotopic (exact) mass is 230 g/mol. The van der Waals surface area contributed by atoms with Crippen LogP contribution in [0.3, 0.4) is 0 Å². The number of aliphatic hydroxyl groups excluding tert-OH is 1. The van der Waals surface area contributed by atoms with Gasteiger partial charge in [0.2, 0.25) is 0 Å². The molecule has 0 aliphatic heterocycles. The third-order valence-corrected chi connectivity index (χ3v) is 4.20. The van der Waals surface area contributed by atoms with Crippen molar-refractivity contribution in [3.05, 3.63) is 42.0 Å². The van der Waals surface area contributed by atoms with Crippen LogP contribution in [0.4, 0.5) is 0 Å². The Kier molecular flexibility index (Phi) is 4.01. The molecule has 0 bridgehead atoms. The van der Waals surface area contributed by atoms with E-state index in [1.54, 1.807) is 0 Å². The van der Waals surface area contributed by atoms with Crippen molar-refractivity contribution in [1.82, 2.24) is 0 Å². The van der Waals surface area contributed by atoms with Gasteiger partial charge in [0, 0.05) is 6.61 Å². The molecule has 0 aromatic heterocycles. The predicted molar refractivity (Wildman–Crippen MR) is 72.6 cm³/mol. The van der Waals surface area contributed by atoms with E-state index in [1.807, 2.05) is 0 Å². The van der Waals surface area contributed by atoms with Crippen LogP contribution in [0.2, 0.25) is 0 Å². The van der Waals surface area contributed by atoms with Gasteiger partial charge >= 0.3 is 0 Å². The third kappa shape index (κ3) is 2.44. The molecule has 2 rings (SSSR count). The van der Waals surface area contributed by atoms with Gasteiger partial charge in [-0.3, -0.25) is 0 Å². The molecule has 0 spiro atoms. The van der Waals surface area contributed by atoms with Crippen molar-refractivity contribution in [3.8, 4) is 0 Å². The molecule has 1 aromatic carbocycles. The van der Waals surface area contributed by atoms with E-state index in [2.05, 4.69) is 50.3 Å². The zero-order valence-corrected chi connectivity index (χ0v) is 10.8. The van der Waals surface area contributed by atoms with Crippen molar-refractivity contribution in [3.63, 3.8) is 0 Å². The Morgan fingerprint density at radius 3 is 2.53 bits per heavy atom. The number of hydrogen-bond donors (Lipinski definition) is 1. The summed E-state index contributed by atoms with van der Waals surface area (Å²) in [5.74, 6) is 1.60. The van der Waals surface area contributed by atoms with Gasteiger partial charge in [-0.25, -0.2) is 0 Å². The van der Waals surface area contributed by atoms with E-state index in [4.69, 9.17) is 0 Å². The minimum absolute atomic E-state index is 0.316. The van der Waals surface area contributed by atoms with Gasteiger partial charge in [-0.1, -0.05) is 50.3 Å². The van der Waals surface area contributed by atoms with Crippen molar-refractivity contribution >= 4 is 5.57 Å². The lowest BCUT2D eigenvalue weighted by atomic mass is 9.70. The molecule has 1 aliphatic rings. The zero-order valence-electron chi connectivity index (χ0n) is 10.8. The van der Waals surface area contributed by atoms with Gasteiger partial charge in [-0.15, -0.1) is 0 Å². The fraction of sp³-hybridized carbons (Fsp3) is 0.500. The molecule has 1 aromatic rings. The molecule has 0 saturated carbocycles. The van der Waals surface area contributed by atoms with Crippen molar-refractivity contribution < 1.29 is 5.11 Å². The first-order valence-electron chi connectivity index (χ1n) is 6.64. The van der Waals surface area contributed by atoms with Crippen LogP contribution in [-0.2, 0) is 0 Å². The van der Waals surface area contributed by atoms with Crippen LogP contribution < -0.4 is 0 Å². The highest BCUT2D eigenvalue weighted by Crippen LogP contribution is 2.41. The SMILES string of the molecule is CCC1C(c2ccccc2)=CCC(CO)C1C. The summed E-state index contributed by atoms with van der Waals surface area (Å²) in [7, 11) is 0. The molecule has 1 heteroatoms. The van der Waals surface area contributed by atoms with Crippen LogP contribution in [0, 0.1) is 17.8 Å². The van der Waals surface area contributed by atoms with Gasteiger partial charge in [0.05, 0.1) is 0 Å². The summed E-state index contributed by atoms with van der Waals surface area (Å²) in [5, 5.41) is 9.40. The molecule has 0 radical (unpaired) electrons. The van der Waals surface area contributed by atoms with Crippen LogP contribution in [0.1, 0.15) is 32.3 Å². The Morgan fingerprint density at radius 2 is 1.94 bits per heavy atom. The lowest BCUT2D eigenvalue weighted by Gasteiger charge is -2.35. The summed E-state index contributed by atoms with van der Waals surface area (Å²) < 4.78 is 0. The molecule has 1 aliphatic carbocycles. The van der Waals surface area contributed by atoms with E-state index in [9.17, 15) is 5.11 Å². The predicted octanol–water partition coefficient (Wildman–Crippen LogP) is 3.74. The standard InChI is InChI=1S/C16H22O/c1-3-15-12(2)14(11-17)9-10-16(15)13-7-5-4-6-8-13/h4-8,10,12,14-15,17H,3,9,11H2,1-2H3. The van der Waals surface area contributed by atoms with Gasteiger partial charge in [-0.2, -0.15) is 0 Å². The second kappa shape index (κ2) is 5.50. The quantitative estimate of drug-likeness (QED) is 0.838. The Balaban J connectivity index is 2.31. The number of benzene rings is 1. The van der Waals surface area contributed by atoms with E-state index in [1.165, 1.54) is 11.1 Å². The first-order chi connectivity index (χ1) is 8.27. The summed E-state index contributed by atoms with van der Waals surface area (Å²) in [4.78, 5) is 0. The average Bonchev–Trinajstić information content (AvgIpc) is 2.39. The summed E-state index contributed by atoms with van der Waals surface area (Å²) in [6, 6.07) is 10.7. The van der Waals surface area contributed by atoms with Crippen LogP contribution in [-0.4, -0.2) is 11.7 Å². The molecule has 1 nitrogen and oxygen atoms in total. The average molecular weight is 230 g/mol. The highest BCUT2D eigenvalue weighted by Gasteiger charge is 2.30. The second-order valence-electron chi connectivity index (χ2n) is 5.08. The molecule has 0 amide bonds. The molecule has 17 heavy (non-hydrogen) atoms. The van der Waals surface area contributed by atoms with E-state index in [0.29, 0.717) is 24.4 Å². The van der Waals surface area contributed by atoms with E-state index >= 15 is 0 Å². The molecular weight excluding hydrogens is 208 g/mol. The summed E-state index contributed by atoms with van der Waals surface area (Å²) in [6.07, 6.45) is 4.50. The minimum atomic E-state index is 0.316. The van der Waals surface area contributed by atoms with Gasteiger partial charge in [-0.05, 0) is 41.7 Å². The second-order valence-corrected chi connectivity index (χ2v) is 5.08. The maximum absolute atomic E-state index is 9.40. The highest BCUT2D eigenvalue weighted by atomic mass is 16.3. The summed E-state index contributed by atoms with van der Waals surface area (Å²) >= 11 is 0. The van der Waals surface area contributed by atoms with Crippen molar-refractivity contribution in [2.24, 2.45) is 17.8 Å². The van der Waals surface area contributed by atoms with Crippen LogP contribution >= 0.6 is 0 Å². The Morgan fingerprint density at radius 1 is 1.24 bits per heavy atom. The number of hydrogen-bond acceptors (Lipinski definition) is 1. The Hall–Kier alpha value is -1.08. The molecule has 3 unspecified atom stereocenters. The minimum Gasteiger partial charge on any atom is -0.396 e. The van der Waals surface area contributed by atoms with Crippen LogP contribution in [0.25, 0.3) is 5.57 Å². The zero-order chi connectivity index (χ0) is 12.3. The third-order valence-electron chi connectivity index (χ3n) is 4.20. The van der Waals surface area contributed by atoms with Crippen LogP contribution in [0.5, 0.6) is 0 Å². The fourth-order valence-corrected chi connectivity index (χ4v) is 3.05. The molecule has 1 N–H and O–H groups in total. The van der Waals surface area contributed by atoms with Crippen molar-refractivity contribution in [2.45, 2.75) is 26.7 Å². The fourth-order valence-electron chi connectivity index (χ4n) is 3.05. The summed E-state index contributed by atoms with van der Waals surface area (Å²) in [5.41, 5.74) is 2.83. The lowest BCUT2D eigenvalue weighted by molar-refractivity contribution is 0.156. The van der Waals surface area contributed by atoms with Gasteiger partial charge < -0.3 is 5.11 Å². The molecular formula is C16H22O. The normalized spacial score (nSPS) is 28.9. The number of rotatable bonds is 3. The largest absolute Gasteiger partial charge is 0.396 e. The maximum Gasteiger partial charge on any atom is 0.0465 e. The molecule has 0 heterocycles. The Bertz CT molecular complexity index is 380. The van der Waals surface area contributed by atoms with E-state index in [-0.39, 0.29) is 0 Å². The topological polar surface area (TPSA) is 20.2 Å². The maximum atomic E-state index is 9.40. The molecule has 3 atom stereocenters.